The maximum absolute atomic E-state index is 12.4. The lowest BCUT2D eigenvalue weighted by molar-refractivity contribution is -0.132. The summed E-state index contributed by atoms with van der Waals surface area (Å²) in [4.78, 5) is 26.5. The first-order valence-electron chi connectivity index (χ1n) is 10.1. The van der Waals surface area contributed by atoms with Crippen molar-refractivity contribution in [3.05, 3.63) is 59.7 Å². The topological polar surface area (TPSA) is 78.9 Å². The van der Waals surface area contributed by atoms with Gasteiger partial charge in [0.15, 0.2) is 0 Å². The van der Waals surface area contributed by atoms with Gasteiger partial charge in [0.2, 0.25) is 5.91 Å². The van der Waals surface area contributed by atoms with E-state index in [1.807, 2.05) is 36.1 Å². The summed E-state index contributed by atoms with van der Waals surface area (Å²) >= 11 is 0. The van der Waals surface area contributed by atoms with Gasteiger partial charge in [-0.1, -0.05) is 29.8 Å². The zero-order valence-corrected chi connectivity index (χ0v) is 16.8. The van der Waals surface area contributed by atoms with E-state index in [2.05, 4.69) is 5.32 Å². The molecule has 0 unspecified atom stereocenters. The molecule has 0 atom stereocenters. The summed E-state index contributed by atoms with van der Waals surface area (Å²) in [7, 11) is 0. The first-order valence-corrected chi connectivity index (χ1v) is 10.1. The highest BCUT2D eigenvalue weighted by Crippen LogP contribution is 2.18. The Morgan fingerprint density at radius 2 is 1.79 bits per heavy atom. The summed E-state index contributed by atoms with van der Waals surface area (Å²) in [5.41, 5.74) is 1.47. The molecular weight excluding hydrogens is 368 g/mol. The van der Waals surface area contributed by atoms with E-state index < -0.39 is 0 Å². The second kappa shape index (κ2) is 9.96. The van der Waals surface area contributed by atoms with Crippen molar-refractivity contribution in [1.82, 2.24) is 10.2 Å². The molecule has 0 aromatic heterocycles. The average molecular weight is 396 g/mol. The first-order chi connectivity index (χ1) is 14.0. The van der Waals surface area contributed by atoms with Crippen molar-refractivity contribution in [1.29, 1.82) is 0 Å². The Labute approximate surface area is 171 Å². The van der Waals surface area contributed by atoms with Crippen LogP contribution in [-0.4, -0.2) is 47.6 Å². The smallest absolute Gasteiger partial charge is 0.255 e. The van der Waals surface area contributed by atoms with Gasteiger partial charge in [-0.2, -0.15) is 0 Å². The molecule has 0 bridgehead atoms. The Hall–Kier alpha value is -3.02. The van der Waals surface area contributed by atoms with Gasteiger partial charge in [0.05, 0.1) is 12.2 Å². The Bertz CT molecular complexity index is 827. The van der Waals surface area contributed by atoms with Crippen LogP contribution in [0.15, 0.2) is 48.5 Å². The van der Waals surface area contributed by atoms with Gasteiger partial charge < -0.3 is 20.1 Å². The minimum atomic E-state index is -0.277. The Balaban J connectivity index is 1.35. The number of amides is 2. The van der Waals surface area contributed by atoms with Crippen molar-refractivity contribution in [2.75, 3.05) is 19.7 Å². The molecule has 2 aromatic rings. The quantitative estimate of drug-likeness (QED) is 0.704. The van der Waals surface area contributed by atoms with E-state index in [9.17, 15) is 14.7 Å². The van der Waals surface area contributed by atoms with Crippen LogP contribution < -0.4 is 10.1 Å². The summed E-state index contributed by atoms with van der Waals surface area (Å²) in [6, 6.07) is 14.4. The molecule has 154 valence electrons. The minimum Gasteiger partial charge on any atom is -0.507 e. The van der Waals surface area contributed by atoms with Crippen molar-refractivity contribution >= 4 is 11.8 Å². The second-order valence-electron chi connectivity index (χ2n) is 7.41. The molecule has 1 aliphatic heterocycles. The average Bonchev–Trinajstić information content (AvgIpc) is 2.73. The second-order valence-corrected chi connectivity index (χ2v) is 7.41. The van der Waals surface area contributed by atoms with Crippen molar-refractivity contribution in [3.8, 4) is 11.5 Å². The number of nitrogens with zero attached hydrogens (tertiary/aromatic N) is 1. The number of aryl methyl sites for hydroxylation is 1. The minimum absolute atomic E-state index is 0.0102. The van der Waals surface area contributed by atoms with Crippen LogP contribution in [0.1, 0.15) is 41.6 Å². The maximum Gasteiger partial charge on any atom is 0.255 e. The fourth-order valence-corrected chi connectivity index (χ4v) is 3.41. The molecule has 1 saturated heterocycles. The number of para-hydroxylation sites is 1. The van der Waals surface area contributed by atoms with E-state index in [1.165, 1.54) is 11.6 Å². The van der Waals surface area contributed by atoms with Crippen LogP contribution in [0.2, 0.25) is 0 Å². The molecule has 2 N–H and O–H groups in total. The normalized spacial score (nSPS) is 14.4. The van der Waals surface area contributed by atoms with E-state index in [-0.39, 0.29) is 29.2 Å². The summed E-state index contributed by atoms with van der Waals surface area (Å²) in [5, 5.41) is 12.7. The van der Waals surface area contributed by atoms with Crippen LogP contribution >= 0.6 is 0 Å². The van der Waals surface area contributed by atoms with Gasteiger partial charge in [0.1, 0.15) is 11.5 Å². The van der Waals surface area contributed by atoms with Gasteiger partial charge in [0.25, 0.3) is 5.91 Å². The fraction of sp³-hybridized carbons (Fsp3) is 0.391. The third kappa shape index (κ3) is 5.98. The highest BCUT2D eigenvalue weighted by molar-refractivity contribution is 5.96. The molecule has 6 nitrogen and oxygen atoms in total. The molecule has 29 heavy (non-hydrogen) atoms. The molecule has 1 fully saturated rings. The highest BCUT2D eigenvalue weighted by atomic mass is 16.5. The third-order valence-electron chi connectivity index (χ3n) is 5.16. The van der Waals surface area contributed by atoms with E-state index in [4.69, 9.17) is 4.74 Å². The number of carbonyl (C=O) groups is 2. The Morgan fingerprint density at radius 1 is 1.10 bits per heavy atom. The van der Waals surface area contributed by atoms with Crippen LogP contribution in [-0.2, 0) is 4.79 Å². The number of piperidine rings is 1. The van der Waals surface area contributed by atoms with Gasteiger partial charge in [-0.15, -0.1) is 0 Å². The summed E-state index contributed by atoms with van der Waals surface area (Å²) in [5.74, 6) is 0.652. The lowest BCUT2D eigenvalue weighted by Gasteiger charge is -2.32. The summed E-state index contributed by atoms with van der Waals surface area (Å²) in [6.45, 7) is 3.80. The summed E-state index contributed by atoms with van der Waals surface area (Å²) < 4.78 is 5.67. The monoisotopic (exact) mass is 396 g/mol. The van der Waals surface area contributed by atoms with Crippen LogP contribution in [0.3, 0.4) is 0 Å². The SMILES string of the molecule is Cc1ccc(OCCCC(=O)N2CCC(NC(=O)c3ccccc3O)CC2)cc1. The van der Waals surface area contributed by atoms with Crippen LogP contribution in [0.4, 0.5) is 0 Å². The molecule has 2 amide bonds. The largest absolute Gasteiger partial charge is 0.507 e. The molecule has 0 spiro atoms. The molecule has 1 aliphatic rings. The number of nitrogens with one attached hydrogen (secondary N) is 1. The standard InChI is InChI=1S/C23H28N2O4/c1-17-8-10-19(11-9-17)29-16-4-7-22(27)25-14-12-18(13-15-25)24-23(28)20-5-2-3-6-21(20)26/h2-3,5-6,8-11,18,26H,4,7,12-16H2,1H3,(H,24,28). The predicted octanol–water partition coefficient (Wildman–Crippen LogP) is 3.28. The lowest BCUT2D eigenvalue weighted by atomic mass is 10.0. The van der Waals surface area contributed by atoms with E-state index in [1.54, 1.807) is 18.2 Å². The van der Waals surface area contributed by atoms with Crippen molar-refractivity contribution in [2.45, 2.75) is 38.6 Å². The zero-order chi connectivity index (χ0) is 20.6. The van der Waals surface area contributed by atoms with Gasteiger partial charge >= 0.3 is 0 Å². The molecule has 0 aliphatic carbocycles. The van der Waals surface area contributed by atoms with Crippen LogP contribution in [0.25, 0.3) is 0 Å². The number of hydrogen-bond donors (Lipinski definition) is 2. The number of ether oxygens (including phenoxy) is 1. The van der Waals surface area contributed by atoms with E-state index in [0.29, 0.717) is 45.4 Å². The number of phenolic OH excluding ortho intramolecular Hbond substituents is 1. The Morgan fingerprint density at radius 3 is 2.48 bits per heavy atom. The first kappa shape index (κ1) is 20.7. The molecular formula is C23H28N2O4. The van der Waals surface area contributed by atoms with E-state index >= 15 is 0 Å². The number of carbonyl (C=O) groups excluding carboxylic acids is 2. The molecule has 0 saturated carbocycles. The van der Waals surface area contributed by atoms with Crippen molar-refractivity contribution in [2.24, 2.45) is 0 Å². The van der Waals surface area contributed by atoms with Crippen molar-refractivity contribution in [3.63, 3.8) is 0 Å². The molecule has 6 heteroatoms. The van der Waals surface area contributed by atoms with E-state index in [0.717, 1.165) is 5.75 Å². The van der Waals surface area contributed by atoms with Crippen molar-refractivity contribution < 1.29 is 19.4 Å². The van der Waals surface area contributed by atoms with Crippen LogP contribution in [0.5, 0.6) is 11.5 Å². The molecule has 1 heterocycles. The number of likely N-dealkylation sites (tertiary alicyclic amines) is 1. The molecule has 0 radical (unpaired) electrons. The fourth-order valence-electron chi connectivity index (χ4n) is 3.41. The Kier molecular flexibility index (Phi) is 7.11. The van der Waals surface area contributed by atoms with Gasteiger partial charge in [0, 0.05) is 25.6 Å². The molecule has 3 rings (SSSR count). The number of aromatic hydroxyl groups is 1. The number of hydrogen-bond acceptors (Lipinski definition) is 4. The van der Waals surface area contributed by atoms with Gasteiger partial charge in [-0.25, -0.2) is 0 Å². The number of benzene rings is 2. The van der Waals surface area contributed by atoms with Gasteiger partial charge in [-0.05, 0) is 50.5 Å². The van der Waals surface area contributed by atoms with Gasteiger partial charge in [-0.3, -0.25) is 9.59 Å². The number of phenols is 1. The zero-order valence-electron chi connectivity index (χ0n) is 16.8. The summed E-state index contributed by atoms with van der Waals surface area (Å²) in [6.07, 6.45) is 2.56. The highest BCUT2D eigenvalue weighted by Gasteiger charge is 2.24. The van der Waals surface area contributed by atoms with Crippen LogP contribution in [0, 0.1) is 6.92 Å². The third-order valence-corrected chi connectivity index (χ3v) is 5.16. The predicted molar refractivity (Wildman–Crippen MR) is 111 cm³/mol. The number of rotatable bonds is 7. The lowest BCUT2D eigenvalue weighted by Crippen LogP contribution is -2.46. The maximum atomic E-state index is 12.4. The molecule has 2 aromatic carbocycles.